The summed E-state index contributed by atoms with van der Waals surface area (Å²) in [6.07, 6.45) is 0.878. The van der Waals surface area contributed by atoms with Crippen LogP contribution >= 0.6 is 0 Å². The fourth-order valence-corrected chi connectivity index (χ4v) is 1.62. The second-order valence-corrected chi connectivity index (χ2v) is 5.14. The van der Waals surface area contributed by atoms with E-state index in [9.17, 15) is 0 Å². The largest absolute Gasteiger partial charge is 0.472 e. The van der Waals surface area contributed by atoms with E-state index in [0.29, 0.717) is 17.5 Å². The molecule has 2 aromatic rings. The highest BCUT2D eigenvalue weighted by Crippen LogP contribution is 2.24. The Balaban J connectivity index is 2.39. The second-order valence-electron chi connectivity index (χ2n) is 5.14. The van der Waals surface area contributed by atoms with Gasteiger partial charge in [-0.05, 0) is 20.3 Å². The van der Waals surface area contributed by atoms with E-state index in [4.69, 9.17) is 10.6 Å². The number of nitrogens with one attached hydrogen (secondary N) is 1. The van der Waals surface area contributed by atoms with E-state index in [-0.39, 0.29) is 5.60 Å². The van der Waals surface area contributed by atoms with Gasteiger partial charge in [-0.3, -0.25) is 0 Å². The lowest BCUT2D eigenvalue weighted by Gasteiger charge is -2.24. The molecule has 0 spiro atoms. The number of nitrogens with two attached hydrogens (primary N) is 1. The van der Waals surface area contributed by atoms with Gasteiger partial charge < -0.3 is 10.2 Å². The molecule has 5 heteroatoms. The molecule has 0 aliphatic rings. The van der Waals surface area contributed by atoms with Gasteiger partial charge in [-0.25, -0.2) is 10.8 Å². The summed E-state index contributed by atoms with van der Waals surface area (Å²) in [5.74, 6) is 7.09. The third-order valence-electron chi connectivity index (χ3n) is 3.11. The zero-order valence-electron chi connectivity index (χ0n) is 12.1. The summed E-state index contributed by atoms with van der Waals surface area (Å²) in [4.78, 5) is 8.81. The Bertz CT molecular complexity index is 569. The van der Waals surface area contributed by atoms with Crippen LogP contribution in [0.15, 0.2) is 36.4 Å². The average Bonchev–Trinajstić information content (AvgIpc) is 2.47. The fourth-order valence-electron chi connectivity index (χ4n) is 1.62. The maximum Gasteiger partial charge on any atom is 0.219 e. The number of ether oxygens (including phenoxy) is 1. The molecule has 0 radical (unpaired) electrons. The van der Waals surface area contributed by atoms with E-state index >= 15 is 0 Å². The Morgan fingerprint density at radius 2 is 1.90 bits per heavy atom. The molecule has 0 aliphatic heterocycles. The first-order chi connectivity index (χ1) is 9.54. The van der Waals surface area contributed by atoms with Crippen molar-refractivity contribution < 1.29 is 4.74 Å². The quantitative estimate of drug-likeness (QED) is 0.646. The molecular weight excluding hydrogens is 252 g/mol. The molecule has 0 unspecified atom stereocenters. The molecular formula is C15H20N4O. The zero-order valence-corrected chi connectivity index (χ0v) is 12.1. The number of hydrogen-bond acceptors (Lipinski definition) is 5. The van der Waals surface area contributed by atoms with E-state index < -0.39 is 0 Å². The maximum absolute atomic E-state index is 5.91. The van der Waals surface area contributed by atoms with Crippen LogP contribution in [0.3, 0.4) is 0 Å². The number of aromatic nitrogens is 2. The van der Waals surface area contributed by atoms with Gasteiger partial charge in [0, 0.05) is 11.6 Å². The van der Waals surface area contributed by atoms with Crippen molar-refractivity contribution in [2.45, 2.75) is 32.8 Å². The molecule has 0 fully saturated rings. The van der Waals surface area contributed by atoms with Gasteiger partial charge in [0.25, 0.3) is 0 Å². The van der Waals surface area contributed by atoms with Crippen molar-refractivity contribution in [2.75, 3.05) is 5.43 Å². The summed E-state index contributed by atoms with van der Waals surface area (Å²) in [5.41, 5.74) is 3.19. The number of anilines is 1. The third kappa shape index (κ3) is 3.45. The number of hydrogen-bond donors (Lipinski definition) is 2. The normalized spacial score (nSPS) is 11.2. The molecule has 0 bridgehead atoms. The highest BCUT2D eigenvalue weighted by atomic mass is 16.5. The minimum atomic E-state index is -0.284. The lowest BCUT2D eigenvalue weighted by Crippen LogP contribution is -2.27. The molecule has 0 saturated heterocycles. The minimum Gasteiger partial charge on any atom is -0.472 e. The van der Waals surface area contributed by atoms with E-state index in [2.05, 4.69) is 22.3 Å². The molecule has 20 heavy (non-hydrogen) atoms. The smallest absolute Gasteiger partial charge is 0.219 e. The Morgan fingerprint density at radius 1 is 1.20 bits per heavy atom. The highest BCUT2D eigenvalue weighted by molar-refractivity contribution is 5.58. The number of nitrogen functional groups attached to an aromatic ring is 1. The van der Waals surface area contributed by atoms with E-state index in [1.807, 2.05) is 44.2 Å². The van der Waals surface area contributed by atoms with Gasteiger partial charge in [-0.15, -0.1) is 0 Å². The summed E-state index contributed by atoms with van der Waals surface area (Å²) in [5, 5.41) is 0. The van der Waals surface area contributed by atoms with Crippen molar-refractivity contribution in [1.29, 1.82) is 0 Å². The van der Waals surface area contributed by atoms with Crippen molar-refractivity contribution in [3.05, 3.63) is 36.4 Å². The van der Waals surface area contributed by atoms with Crippen molar-refractivity contribution in [2.24, 2.45) is 5.84 Å². The number of hydrazine groups is 1. The average molecular weight is 272 g/mol. The number of nitrogens with zero attached hydrogens (tertiary/aromatic N) is 2. The van der Waals surface area contributed by atoms with Crippen LogP contribution in [0.4, 0.5) is 5.82 Å². The van der Waals surface area contributed by atoms with Crippen LogP contribution in [0.25, 0.3) is 11.4 Å². The molecule has 5 nitrogen and oxygen atoms in total. The van der Waals surface area contributed by atoms with Crippen LogP contribution < -0.4 is 16.0 Å². The Morgan fingerprint density at radius 3 is 2.50 bits per heavy atom. The van der Waals surface area contributed by atoms with Crippen LogP contribution in [0.5, 0.6) is 5.88 Å². The summed E-state index contributed by atoms with van der Waals surface area (Å²) < 4.78 is 5.91. The first-order valence-corrected chi connectivity index (χ1v) is 6.64. The predicted octanol–water partition coefficient (Wildman–Crippen LogP) is 3.00. The SMILES string of the molecule is CCC(C)(C)Oc1cc(NN)nc(-c2ccccc2)n1. The van der Waals surface area contributed by atoms with E-state index in [0.717, 1.165) is 12.0 Å². The van der Waals surface area contributed by atoms with Gasteiger partial charge in [0.05, 0.1) is 0 Å². The minimum absolute atomic E-state index is 0.284. The second kappa shape index (κ2) is 5.88. The first kappa shape index (κ1) is 14.3. The number of benzene rings is 1. The zero-order chi connectivity index (χ0) is 14.6. The number of rotatable bonds is 5. The molecule has 106 valence electrons. The molecule has 0 saturated carbocycles. The van der Waals surface area contributed by atoms with Crippen LogP contribution in [-0.2, 0) is 0 Å². The molecule has 1 heterocycles. The summed E-state index contributed by atoms with van der Waals surface area (Å²) in [6.45, 7) is 6.11. The predicted molar refractivity (Wildman–Crippen MR) is 80.3 cm³/mol. The first-order valence-electron chi connectivity index (χ1n) is 6.64. The molecule has 0 atom stereocenters. The topological polar surface area (TPSA) is 73.1 Å². The Hall–Kier alpha value is -2.14. The van der Waals surface area contributed by atoms with Crippen LogP contribution in [-0.4, -0.2) is 15.6 Å². The Kier molecular flexibility index (Phi) is 4.20. The van der Waals surface area contributed by atoms with Crippen LogP contribution in [0.2, 0.25) is 0 Å². The van der Waals surface area contributed by atoms with Gasteiger partial charge in [0.15, 0.2) is 5.82 Å². The van der Waals surface area contributed by atoms with Gasteiger partial charge in [0.1, 0.15) is 11.4 Å². The monoisotopic (exact) mass is 272 g/mol. The highest BCUT2D eigenvalue weighted by Gasteiger charge is 2.19. The van der Waals surface area contributed by atoms with Gasteiger partial charge in [-0.1, -0.05) is 37.3 Å². The lowest BCUT2D eigenvalue weighted by molar-refractivity contribution is 0.0991. The molecule has 2 rings (SSSR count). The van der Waals surface area contributed by atoms with Gasteiger partial charge >= 0.3 is 0 Å². The summed E-state index contributed by atoms with van der Waals surface area (Å²) in [6, 6.07) is 11.4. The summed E-state index contributed by atoms with van der Waals surface area (Å²) >= 11 is 0. The third-order valence-corrected chi connectivity index (χ3v) is 3.11. The fraction of sp³-hybridized carbons (Fsp3) is 0.333. The summed E-state index contributed by atoms with van der Waals surface area (Å²) in [7, 11) is 0. The van der Waals surface area contributed by atoms with Crippen LogP contribution in [0.1, 0.15) is 27.2 Å². The molecule has 1 aromatic heterocycles. The molecule has 1 aromatic carbocycles. The van der Waals surface area contributed by atoms with Gasteiger partial charge in [-0.2, -0.15) is 4.98 Å². The van der Waals surface area contributed by atoms with Crippen molar-refractivity contribution in [3.63, 3.8) is 0 Å². The van der Waals surface area contributed by atoms with Crippen molar-refractivity contribution in [3.8, 4) is 17.3 Å². The van der Waals surface area contributed by atoms with Crippen molar-refractivity contribution >= 4 is 5.82 Å². The van der Waals surface area contributed by atoms with Gasteiger partial charge in [0.2, 0.25) is 5.88 Å². The molecule has 0 amide bonds. The van der Waals surface area contributed by atoms with Crippen LogP contribution in [0, 0.1) is 0 Å². The van der Waals surface area contributed by atoms with E-state index in [1.54, 1.807) is 6.07 Å². The van der Waals surface area contributed by atoms with E-state index in [1.165, 1.54) is 0 Å². The standard InChI is InChI=1S/C15H20N4O/c1-4-15(2,3)20-13-10-12(19-16)17-14(18-13)11-8-6-5-7-9-11/h5-10H,4,16H2,1-3H3,(H,17,18,19). The maximum atomic E-state index is 5.91. The molecule has 3 N–H and O–H groups in total. The molecule has 0 aliphatic carbocycles. The van der Waals surface area contributed by atoms with Crippen molar-refractivity contribution in [1.82, 2.24) is 9.97 Å². The Labute approximate surface area is 119 Å². The lowest BCUT2D eigenvalue weighted by atomic mass is 10.1.